The van der Waals surface area contributed by atoms with Crippen LogP contribution in [-0.4, -0.2) is 17.7 Å². The smallest absolute Gasteiger partial charge is 0.303 e. The molecule has 0 saturated carbocycles. The summed E-state index contributed by atoms with van der Waals surface area (Å²) in [6, 6.07) is 3.06. The van der Waals surface area contributed by atoms with Crippen LogP contribution in [0.2, 0.25) is 0 Å². The molecule has 0 fully saturated rings. The van der Waals surface area contributed by atoms with Crippen LogP contribution in [0.25, 0.3) is 0 Å². The zero-order valence-electron chi connectivity index (χ0n) is 8.12. The standard InChI is InChI=1S/C11H11FO3/c12-9-6-10-8(3-4-15-10)5-7(9)1-2-11(13)14/h5-6H,1-4H2,(H,13,14). The average molecular weight is 210 g/mol. The second-order valence-corrected chi connectivity index (χ2v) is 3.54. The summed E-state index contributed by atoms with van der Waals surface area (Å²) in [5.74, 6) is -0.699. The summed E-state index contributed by atoms with van der Waals surface area (Å²) in [5, 5.41) is 8.51. The van der Waals surface area contributed by atoms with E-state index < -0.39 is 5.97 Å². The fraction of sp³-hybridized carbons (Fsp3) is 0.364. The lowest BCUT2D eigenvalue weighted by Gasteiger charge is -2.04. The molecule has 0 aliphatic carbocycles. The summed E-state index contributed by atoms with van der Waals surface area (Å²) in [6.45, 7) is 0.581. The van der Waals surface area contributed by atoms with Crippen molar-refractivity contribution in [1.29, 1.82) is 0 Å². The SMILES string of the molecule is O=C(O)CCc1cc2c(cc1F)OCC2. The van der Waals surface area contributed by atoms with Gasteiger partial charge >= 0.3 is 5.97 Å². The molecule has 0 aromatic heterocycles. The Kier molecular flexibility index (Phi) is 2.58. The topological polar surface area (TPSA) is 46.5 Å². The zero-order valence-corrected chi connectivity index (χ0v) is 8.12. The van der Waals surface area contributed by atoms with Crippen LogP contribution in [0.4, 0.5) is 4.39 Å². The van der Waals surface area contributed by atoms with Crippen LogP contribution in [0.3, 0.4) is 0 Å². The summed E-state index contributed by atoms with van der Waals surface area (Å²) in [5.41, 5.74) is 1.43. The number of carbonyl (C=O) groups is 1. The minimum absolute atomic E-state index is 0.0451. The molecule has 80 valence electrons. The first-order valence-corrected chi connectivity index (χ1v) is 4.82. The van der Waals surface area contributed by atoms with Gasteiger partial charge in [-0.05, 0) is 23.6 Å². The Morgan fingerprint density at radius 1 is 1.53 bits per heavy atom. The minimum Gasteiger partial charge on any atom is -0.493 e. The number of halogens is 1. The van der Waals surface area contributed by atoms with E-state index in [4.69, 9.17) is 9.84 Å². The molecule has 3 nitrogen and oxygen atoms in total. The van der Waals surface area contributed by atoms with Crippen molar-refractivity contribution in [2.24, 2.45) is 0 Å². The third-order valence-electron chi connectivity index (χ3n) is 2.47. The van der Waals surface area contributed by atoms with Gasteiger partial charge < -0.3 is 9.84 Å². The van der Waals surface area contributed by atoms with E-state index in [2.05, 4.69) is 0 Å². The highest BCUT2D eigenvalue weighted by atomic mass is 19.1. The second kappa shape index (κ2) is 3.88. The fourth-order valence-electron chi connectivity index (χ4n) is 1.68. The molecule has 15 heavy (non-hydrogen) atoms. The molecule has 1 aromatic rings. The van der Waals surface area contributed by atoms with Gasteiger partial charge in [-0.1, -0.05) is 0 Å². The Hall–Kier alpha value is -1.58. The number of fused-ring (bicyclic) bond motifs is 1. The number of aryl methyl sites for hydroxylation is 1. The first-order valence-electron chi connectivity index (χ1n) is 4.82. The van der Waals surface area contributed by atoms with E-state index in [1.54, 1.807) is 6.07 Å². The van der Waals surface area contributed by atoms with Crippen LogP contribution < -0.4 is 4.74 Å². The van der Waals surface area contributed by atoms with Crippen molar-refractivity contribution >= 4 is 5.97 Å². The normalized spacial score (nSPS) is 13.4. The van der Waals surface area contributed by atoms with E-state index >= 15 is 0 Å². The fourth-order valence-corrected chi connectivity index (χ4v) is 1.68. The van der Waals surface area contributed by atoms with Gasteiger partial charge in [0.25, 0.3) is 0 Å². The minimum atomic E-state index is -0.911. The number of aliphatic carboxylic acids is 1. The Morgan fingerprint density at radius 3 is 3.07 bits per heavy atom. The van der Waals surface area contributed by atoms with Crippen LogP contribution in [0.1, 0.15) is 17.5 Å². The van der Waals surface area contributed by atoms with Crippen molar-refractivity contribution in [2.45, 2.75) is 19.3 Å². The van der Waals surface area contributed by atoms with Crippen molar-refractivity contribution in [2.75, 3.05) is 6.61 Å². The number of carboxylic acids is 1. The summed E-state index contributed by atoms with van der Waals surface area (Å²) >= 11 is 0. The molecule has 0 atom stereocenters. The number of rotatable bonds is 3. The second-order valence-electron chi connectivity index (χ2n) is 3.54. The molecule has 4 heteroatoms. The maximum atomic E-state index is 13.4. The molecule has 1 aliphatic rings. The molecule has 1 aromatic carbocycles. The molecule has 0 unspecified atom stereocenters. The van der Waals surface area contributed by atoms with Gasteiger partial charge in [0, 0.05) is 18.9 Å². The van der Waals surface area contributed by atoms with Crippen molar-refractivity contribution in [1.82, 2.24) is 0 Å². The highest BCUT2D eigenvalue weighted by Crippen LogP contribution is 2.28. The van der Waals surface area contributed by atoms with Crippen LogP contribution in [-0.2, 0) is 17.6 Å². The third-order valence-corrected chi connectivity index (χ3v) is 2.47. The van der Waals surface area contributed by atoms with Crippen LogP contribution in [0.15, 0.2) is 12.1 Å². The largest absolute Gasteiger partial charge is 0.493 e. The maximum absolute atomic E-state index is 13.4. The van der Waals surface area contributed by atoms with Crippen molar-refractivity contribution in [3.63, 3.8) is 0 Å². The molecule has 0 amide bonds. The third kappa shape index (κ3) is 2.09. The molecule has 0 bridgehead atoms. The predicted octanol–water partition coefficient (Wildman–Crippen LogP) is 1.78. The van der Waals surface area contributed by atoms with Gasteiger partial charge in [-0.2, -0.15) is 0 Å². The Balaban J connectivity index is 2.21. The molecule has 1 aliphatic heterocycles. The zero-order chi connectivity index (χ0) is 10.8. The number of carboxylic acid groups (broad SMARTS) is 1. The van der Waals surface area contributed by atoms with Crippen LogP contribution >= 0.6 is 0 Å². The quantitative estimate of drug-likeness (QED) is 0.827. The highest BCUT2D eigenvalue weighted by molar-refractivity contribution is 5.67. The highest BCUT2D eigenvalue weighted by Gasteiger charge is 2.16. The maximum Gasteiger partial charge on any atom is 0.303 e. The first-order chi connectivity index (χ1) is 7.16. The Bertz CT molecular complexity index is 401. The van der Waals surface area contributed by atoms with Gasteiger partial charge in [-0.25, -0.2) is 4.39 Å². The lowest BCUT2D eigenvalue weighted by molar-refractivity contribution is -0.136. The van der Waals surface area contributed by atoms with Crippen LogP contribution in [0, 0.1) is 5.82 Å². The number of benzene rings is 1. The van der Waals surface area contributed by atoms with E-state index in [1.165, 1.54) is 6.07 Å². The van der Waals surface area contributed by atoms with Gasteiger partial charge in [0.2, 0.25) is 0 Å². The lowest BCUT2D eigenvalue weighted by Crippen LogP contribution is -2.00. The van der Waals surface area contributed by atoms with E-state index in [9.17, 15) is 9.18 Å². The van der Waals surface area contributed by atoms with Crippen molar-refractivity contribution < 1.29 is 19.0 Å². The summed E-state index contributed by atoms with van der Waals surface area (Å²) in [7, 11) is 0. The molecular weight excluding hydrogens is 199 g/mol. The Morgan fingerprint density at radius 2 is 2.33 bits per heavy atom. The monoisotopic (exact) mass is 210 g/mol. The molecule has 2 rings (SSSR count). The summed E-state index contributed by atoms with van der Waals surface area (Å²) in [6.07, 6.45) is 0.959. The number of hydrogen-bond donors (Lipinski definition) is 1. The molecule has 1 heterocycles. The Labute approximate surface area is 86.5 Å². The van der Waals surface area contributed by atoms with Gasteiger partial charge in [-0.15, -0.1) is 0 Å². The van der Waals surface area contributed by atoms with E-state index in [1.807, 2.05) is 0 Å². The first kappa shape index (κ1) is 9.96. The molecule has 1 N–H and O–H groups in total. The number of ether oxygens (including phenoxy) is 1. The molecule has 0 radical (unpaired) electrons. The predicted molar refractivity (Wildman–Crippen MR) is 51.6 cm³/mol. The van der Waals surface area contributed by atoms with Crippen molar-refractivity contribution in [3.8, 4) is 5.75 Å². The van der Waals surface area contributed by atoms with Gasteiger partial charge in [0.15, 0.2) is 0 Å². The van der Waals surface area contributed by atoms with E-state index in [-0.39, 0.29) is 18.7 Å². The van der Waals surface area contributed by atoms with Crippen LogP contribution in [0.5, 0.6) is 5.75 Å². The van der Waals surface area contributed by atoms with Crippen molar-refractivity contribution in [3.05, 3.63) is 29.1 Å². The molecule has 0 spiro atoms. The summed E-state index contributed by atoms with van der Waals surface area (Å²) in [4.78, 5) is 10.4. The van der Waals surface area contributed by atoms with E-state index in [0.29, 0.717) is 17.9 Å². The van der Waals surface area contributed by atoms with Gasteiger partial charge in [0.1, 0.15) is 11.6 Å². The average Bonchev–Trinajstić information content (AvgIpc) is 2.60. The van der Waals surface area contributed by atoms with E-state index in [0.717, 1.165) is 12.0 Å². The lowest BCUT2D eigenvalue weighted by atomic mass is 10.0. The number of hydrogen-bond acceptors (Lipinski definition) is 2. The summed E-state index contributed by atoms with van der Waals surface area (Å²) < 4.78 is 18.6. The molecule has 0 saturated heterocycles. The van der Waals surface area contributed by atoms with Gasteiger partial charge in [-0.3, -0.25) is 4.79 Å². The molecular formula is C11H11FO3. The van der Waals surface area contributed by atoms with Gasteiger partial charge in [0.05, 0.1) is 6.61 Å².